The molecule has 1 unspecified atom stereocenters. The normalized spacial score (nSPS) is 12.4. The third kappa shape index (κ3) is 2.39. The summed E-state index contributed by atoms with van der Waals surface area (Å²) in [6, 6.07) is 3.03. The van der Waals surface area contributed by atoms with Crippen molar-refractivity contribution in [1.29, 1.82) is 0 Å². The van der Waals surface area contributed by atoms with Gasteiger partial charge in [-0.05, 0) is 6.92 Å². The Kier molecular flexibility index (Phi) is 3.80. The summed E-state index contributed by atoms with van der Waals surface area (Å²) in [7, 11) is 3.05. The predicted molar refractivity (Wildman–Crippen MR) is 73.1 cm³/mol. The fourth-order valence-electron chi connectivity index (χ4n) is 2.12. The Bertz CT molecular complexity index is 649. The molecule has 0 saturated carbocycles. The molecule has 1 atom stereocenters. The topological polar surface area (TPSA) is 99.6 Å². The number of hydrogen-bond acceptors (Lipinski definition) is 5. The molecule has 1 aromatic heterocycles. The molecule has 0 aliphatic rings. The van der Waals surface area contributed by atoms with Gasteiger partial charge >= 0.3 is 5.97 Å². The van der Waals surface area contributed by atoms with Crippen LogP contribution in [0, 0.1) is 0 Å². The van der Waals surface area contributed by atoms with E-state index in [1.54, 1.807) is 23.6 Å². The quantitative estimate of drug-likeness (QED) is 0.852. The van der Waals surface area contributed by atoms with E-state index in [2.05, 4.69) is 4.98 Å². The van der Waals surface area contributed by atoms with E-state index in [1.807, 2.05) is 0 Å². The second kappa shape index (κ2) is 5.38. The van der Waals surface area contributed by atoms with E-state index < -0.39 is 5.97 Å². The maximum Gasteiger partial charge on any atom is 0.323 e. The molecule has 7 heteroatoms. The van der Waals surface area contributed by atoms with E-state index in [0.29, 0.717) is 28.4 Å². The van der Waals surface area contributed by atoms with Gasteiger partial charge in [-0.1, -0.05) is 0 Å². The van der Waals surface area contributed by atoms with Crippen LogP contribution in [0.25, 0.3) is 11.0 Å². The summed E-state index contributed by atoms with van der Waals surface area (Å²) >= 11 is 0. The first-order valence-corrected chi connectivity index (χ1v) is 6.07. The first-order valence-electron chi connectivity index (χ1n) is 6.07. The summed E-state index contributed by atoms with van der Waals surface area (Å²) in [5.41, 5.74) is 7.13. The number of nitrogens with two attached hydrogens (primary N) is 1. The molecule has 108 valence electrons. The highest BCUT2D eigenvalue weighted by atomic mass is 16.5. The van der Waals surface area contributed by atoms with Gasteiger partial charge in [0.15, 0.2) is 11.5 Å². The first kappa shape index (κ1) is 14.1. The van der Waals surface area contributed by atoms with Crippen molar-refractivity contribution in [1.82, 2.24) is 9.55 Å². The molecule has 0 fully saturated rings. The number of nitrogens with zero attached hydrogens (tertiary/aromatic N) is 2. The van der Waals surface area contributed by atoms with E-state index in [0.717, 1.165) is 0 Å². The number of fused-ring (bicyclic) bond motifs is 1. The van der Waals surface area contributed by atoms with Crippen LogP contribution in [0.3, 0.4) is 0 Å². The standard InChI is InChI=1S/C13H17N3O4/c1-7(14)13-15-8-4-10(19-2)11(20-3)5-9(8)16(13)6-12(17)18/h4-5,7H,6,14H2,1-3H3,(H,17,18). The van der Waals surface area contributed by atoms with Crippen LogP contribution in [0.15, 0.2) is 12.1 Å². The number of aliphatic carboxylic acids is 1. The number of carbonyl (C=O) groups is 1. The highest BCUT2D eigenvalue weighted by Gasteiger charge is 2.18. The van der Waals surface area contributed by atoms with Gasteiger partial charge in [0.25, 0.3) is 0 Å². The minimum absolute atomic E-state index is 0.205. The molecule has 0 spiro atoms. The van der Waals surface area contributed by atoms with E-state index in [9.17, 15) is 4.79 Å². The Morgan fingerprint density at radius 1 is 1.40 bits per heavy atom. The number of aromatic nitrogens is 2. The van der Waals surface area contributed by atoms with Crippen molar-refractivity contribution >= 4 is 17.0 Å². The Labute approximate surface area is 115 Å². The lowest BCUT2D eigenvalue weighted by molar-refractivity contribution is -0.137. The van der Waals surface area contributed by atoms with Crippen LogP contribution in [-0.4, -0.2) is 34.8 Å². The third-order valence-electron chi connectivity index (χ3n) is 2.98. The lowest BCUT2D eigenvalue weighted by atomic mass is 10.2. The van der Waals surface area contributed by atoms with Crippen molar-refractivity contribution in [2.45, 2.75) is 19.5 Å². The van der Waals surface area contributed by atoms with Crippen molar-refractivity contribution in [3.05, 3.63) is 18.0 Å². The molecule has 0 saturated heterocycles. The second-order valence-electron chi connectivity index (χ2n) is 4.43. The van der Waals surface area contributed by atoms with Gasteiger partial charge in [-0.15, -0.1) is 0 Å². The number of rotatable bonds is 5. The number of carboxylic acids is 1. The molecule has 2 rings (SSSR count). The molecule has 0 bridgehead atoms. The molecule has 7 nitrogen and oxygen atoms in total. The zero-order valence-corrected chi connectivity index (χ0v) is 11.6. The van der Waals surface area contributed by atoms with Crippen LogP contribution >= 0.6 is 0 Å². The maximum absolute atomic E-state index is 11.0. The summed E-state index contributed by atoms with van der Waals surface area (Å²) < 4.78 is 12.0. The number of benzene rings is 1. The van der Waals surface area contributed by atoms with E-state index in [4.69, 9.17) is 20.3 Å². The molecule has 20 heavy (non-hydrogen) atoms. The highest BCUT2D eigenvalue weighted by Crippen LogP contribution is 2.33. The monoisotopic (exact) mass is 279 g/mol. The Balaban J connectivity index is 2.71. The number of imidazole rings is 1. The molecular formula is C13H17N3O4. The Morgan fingerprint density at radius 2 is 2.00 bits per heavy atom. The van der Waals surface area contributed by atoms with Crippen LogP contribution in [0.2, 0.25) is 0 Å². The summed E-state index contributed by atoms with van der Waals surface area (Å²) in [6.45, 7) is 1.55. The van der Waals surface area contributed by atoms with Crippen LogP contribution in [-0.2, 0) is 11.3 Å². The molecule has 0 amide bonds. The fourth-order valence-corrected chi connectivity index (χ4v) is 2.12. The predicted octanol–water partition coefficient (Wildman–Crippen LogP) is 1.16. The van der Waals surface area contributed by atoms with Crippen LogP contribution in [0.1, 0.15) is 18.8 Å². The molecule has 1 aromatic carbocycles. The number of methoxy groups -OCH3 is 2. The van der Waals surface area contributed by atoms with Gasteiger partial charge in [0.05, 0.1) is 31.3 Å². The summed E-state index contributed by atoms with van der Waals surface area (Å²) in [4.78, 5) is 15.4. The van der Waals surface area contributed by atoms with Gasteiger partial charge in [0.1, 0.15) is 12.4 Å². The lowest BCUT2D eigenvalue weighted by Gasteiger charge is -2.10. The second-order valence-corrected chi connectivity index (χ2v) is 4.43. The van der Waals surface area contributed by atoms with Crippen molar-refractivity contribution in [3.8, 4) is 11.5 Å². The van der Waals surface area contributed by atoms with Crippen LogP contribution in [0.4, 0.5) is 0 Å². The van der Waals surface area contributed by atoms with Gasteiger partial charge in [-0.2, -0.15) is 0 Å². The van der Waals surface area contributed by atoms with Gasteiger partial charge in [-0.25, -0.2) is 4.98 Å². The molecule has 0 aliphatic heterocycles. The maximum atomic E-state index is 11.0. The molecular weight excluding hydrogens is 262 g/mol. The lowest BCUT2D eigenvalue weighted by Crippen LogP contribution is -2.17. The van der Waals surface area contributed by atoms with Crippen molar-refractivity contribution in [2.75, 3.05) is 14.2 Å². The first-order chi connectivity index (χ1) is 9.47. The number of carboxylic acid groups (broad SMARTS) is 1. The summed E-state index contributed by atoms with van der Waals surface area (Å²) in [6.07, 6.45) is 0. The van der Waals surface area contributed by atoms with E-state index in [-0.39, 0.29) is 12.6 Å². The largest absolute Gasteiger partial charge is 0.493 e. The van der Waals surface area contributed by atoms with Gasteiger partial charge in [-0.3, -0.25) is 4.79 Å². The molecule has 0 aliphatic carbocycles. The van der Waals surface area contributed by atoms with Crippen LogP contribution in [0.5, 0.6) is 11.5 Å². The van der Waals surface area contributed by atoms with E-state index >= 15 is 0 Å². The molecule has 3 N–H and O–H groups in total. The smallest absolute Gasteiger partial charge is 0.323 e. The molecule has 1 heterocycles. The summed E-state index contributed by atoms with van der Waals surface area (Å²) in [5.74, 6) is 0.609. The average Bonchev–Trinajstić information content (AvgIpc) is 2.74. The van der Waals surface area contributed by atoms with Crippen molar-refractivity contribution < 1.29 is 19.4 Å². The van der Waals surface area contributed by atoms with Crippen LogP contribution < -0.4 is 15.2 Å². The Hall–Kier alpha value is -2.28. The molecule has 2 aromatic rings. The van der Waals surface area contributed by atoms with Crippen molar-refractivity contribution in [3.63, 3.8) is 0 Å². The van der Waals surface area contributed by atoms with Crippen molar-refractivity contribution in [2.24, 2.45) is 5.73 Å². The summed E-state index contributed by atoms with van der Waals surface area (Å²) in [5, 5.41) is 9.03. The number of ether oxygens (including phenoxy) is 2. The SMILES string of the molecule is COc1cc2nc(C(C)N)n(CC(=O)O)c2cc1OC. The zero-order valence-electron chi connectivity index (χ0n) is 11.6. The van der Waals surface area contributed by atoms with E-state index in [1.165, 1.54) is 14.2 Å². The van der Waals surface area contributed by atoms with Gasteiger partial charge in [0.2, 0.25) is 0 Å². The van der Waals surface area contributed by atoms with Gasteiger partial charge < -0.3 is 24.9 Å². The van der Waals surface area contributed by atoms with Gasteiger partial charge in [0, 0.05) is 12.1 Å². The number of hydrogen-bond donors (Lipinski definition) is 2. The average molecular weight is 279 g/mol. The third-order valence-corrected chi connectivity index (χ3v) is 2.98. The zero-order chi connectivity index (χ0) is 14.9. The highest BCUT2D eigenvalue weighted by molar-refractivity contribution is 5.82. The Morgan fingerprint density at radius 3 is 2.50 bits per heavy atom. The fraction of sp³-hybridized carbons (Fsp3) is 0.385. The minimum atomic E-state index is -0.957. The molecule has 0 radical (unpaired) electrons. The minimum Gasteiger partial charge on any atom is -0.493 e.